The summed E-state index contributed by atoms with van der Waals surface area (Å²) in [7, 11) is 0. The molecule has 1 aromatic rings. The third-order valence-electron chi connectivity index (χ3n) is 9.20. The van der Waals surface area contributed by atoms with Crippen LogP contribution in [0.15, 0.2) is 18.2 Å². The lowest BCUT2D eigenvalue weighted by atomic mass is 9.68. The van der Waals surface area contributed by atoms with Crippen molar-refractivity contribution < 1.29 is 28.2 Å². The lowest BCUT2D eigenvalue weighted by Gasteiger charge is -2.41. The highest BCUT2D eigenvalue weighted by Crippen LogP contribution is 2.47. The van der Waals surface area contributed by atoms with Crippen LogP contribution in [0.25, 0.3) is 0 Å². The minimum atomic E-state index is -3.29. The van der Waals surface area contributed by atoms with Crippen LogP contribution in [0, 0.1) is 29.6 Å². The van der Waals surface area contributed by atoms with Gasteiger partial charge in [-0.05, 0) is 106 Å². The van der Waals surface area contributed by atoms with E-state index in [1.807, 2.05) is 0 Å². The average molecular weight is 507 g/mol. The van der Waals surface area contributed by atoms with Gasteiger partial charge in [-0.15, -0.1) is 0 Å². The van der Waals surface area contributed by atoms with Crippen LogP contribution >= 0.6 is 0 Å². The van der Waals surface area contributed by atoms with Crippen molar-refractivity contribution in [2.45, 2.75) is 110 Å². The lowest BCUT2D eigenvalue weighted by molar-refractivity contribution is -0.224. The molecule has 2 saturated carbocycles. The number of phenols is 1. The summed E-state index contributed by atoms with van der Waals surface area (Å²) < 4.78 is 41.3. The first-order chi connectivity index (χ1) is 17.3. The number of carbonyl (C=O) groups is 1. The summed E-state index contributed by atoms with van der Waals surface area (Å²) in [6.45, 7) is 4.87. The second-order valence-electron chi connectivity index (χ2n) is 11.5. The third-order valence-corrected chi connectivity index (χ3v) is 9.20. The highest BCUT2D eigenvalue weighted by Gasteiger charge is 2.45. The molecule has 0 amide bonds. The van der Waals surface area contributed by atoms with E-state index in [0.717, 1.165) is 31.4 Å². The maximum absolute atomic E-state index is 15.0. The van der Waals surface area contributed by atoms with Gasteiger partial charge in [0.25, 0.3) is 0 Å². The van der Waals surface area contributed by atoms with Gasteiger partial charge in [-0.1, -0.05) is 20.3 Å². The number of ether oxygens (including phenoxy) is 2. The van der Waals surface area contributed by atoms with Gasteiger partial charge in [0.2, 0.25) is 0 Å². The molecule has 1 aromatic carbocycles. The van der Waals surface area contributed by atoms with Gasteiger partial charge in [0.05, 0.1) is 17.6 Å². The molecule has 1 heterocycles. The van der Waals surface area contributed by atoms with E-state index in [9.17, 15) is 18.7 Å². The van der Waals surface area contributed by atoms with Gasteiger partial charge in [0.1, 0.15) is 11.5 Å². The Morgan fingerprint density at radius 3 is 2.17 bits per heavy atom. The SMILES string of the molecule is CCCC1CCC(C2CCC(C3CCC(C(F)(F)Oc4ccc(C(=O)CC)c(O)c4)CC3)CC2)OC1. The van der Waals surface area contributed by atoms with Gasteiger partial charge < -0.3 is 14.6 Å². The van der Waals surface area contributed by atoms with Crippen LogP contribution in [0.3, 0.4) is 0 Å². The molecule has 3 aliphatic rings. The molecule has 0 spiro atoms. The Hall–Kier alpha value is -1.69. The van der Waals surface area contributed by atoms with E-state index in [1.165, 1.54) is 63.5 Å². The zero-order chi connectivity index (χ0) is 25.7. The van der Waals surface area contributed by atoms with E-state index in [1.54, 1.807) is 6.92 Å². The fourth-order valence-electron chi connectivity index (χ4n) is 6.99. The summed E-state index contributed by atoms with van der Waals surface area (Å²) >= 11 is 0. The minimum Gasteiger partial charge on any atom is -0.507 e. The molecule has 6 heteroatoms. The molecule has 0 bridgehead atoms. The summed E-state index contributed by atoms with van der Waals surface area (Å²) in [5.41, 5.74) is 0.138. The van der Waals surface area contributed by atoms with Crippen molar-refractivity contribution in [1.82, 2.24) is 0 Å². The molecule has 36 heavy (non-hydrogen) atoms. The van der Waals surface area contributed by atoms with Crippen LogP contribution in [0.1, 0.15) is 108 Å². The van der Waals surface area contributed by atoms with E-state index in [0.29, 0.717) is 36.7 Å². The number of phenolic OH excluding ortho intramolecular Hbond substituents is 1. The average Bonchev–Trinajstić information content (AvgIpc) is 2.89. The Morgan fingerprint density at radius 1 is 0.972 bits per heavy atom. The van der Waals surface area contributed by atoms with Crippen LogP contribution in [0.4, 0.5) is 8.78 Å². The predicted octanol–water partition coefficient (Wildman–Crippen LogP) is 8.16. The van der Waals surface area contributed by atoms with E-state index < -0.39 is 12.0 Å². The number of Topliss-reactive ketones (excluding diaryl/α,β-unsaturated/α-hetero) is 1. The summed E-state index contributed by atoms with van der Waals surface area (Å²) in [6, 6.07) is 3.84. The Morgan fingerprint density at radius 2 is 1.61 bits per heavy atom. The highest BCUT2D eigenvalue weighted by molar-refractivity contribution is 5.98. The Labute approximate surface area is 215 Å². The number of hydrogen-bond acceptors (Lipinski definition) is 4. The molecule has 3 fully saturated rings. The summed E-state index contributed by atoms with van der Waals surface area (Å²) in [6.07, 6.45) is 9.81. The van der Waals surface area contributed by atoms with E-state index >= 15 is 0 Å². The molecular weight excluding hydrogens is 462 g/mol. The largest absolute Gasteiger partial charge is 0.507 e. The maximum Gasteiger partial charge on any atom is 0.400 e. The van der Waals surface area contributed by atoms with Crippen molar-refractivity contribution in [3.8, 4) is 11.5 Å². The number of rotatable bonds is 9. The molecule has 2 atom stereocenters. The third kappa shape index (κ3) is 6.59. The normalized spacial score (nSPS) is 31.7. The van der Waals surface area contributed by atoms with Crippen molar-refractivity contribution in [3.05, 3.63) is 23.8 Å². The zero-order valence-electron chi connectivity index (χ0n) is 22.0. The van der Waals surface area contributed by atoms with Crippen LogP contribution in [-0.4, -0.2) is 29.7 Å². The minimum absolute atomic E-state index is 0.100. The molecule has 1 aliphatic heterocycles. The molecular formula is C30H44F2O4. The molecule has 0 aromatic heterocycles. The van der Waals surface area contributed by atoms with Crippen molar-refractivity contribution in [2.24, 2.45) is 29.6 Å². The number of ketones is 1. The van der Waals surface area contributed by atoms with Crippen LogP contribution < -0.4 is 4.74 Å². The number of carbonyl (C=O) groups excluding carboxylic acids is 1. The molecule has 2 aliphatic carbocycles. The monoisotopic (exact) mass is 506 g/mol. The Kier molecular flexibility index (Phi) is 9.29. The molecule has 1 saturated heterocycles. The van der Waals surface area contributed by atoms with Crippen molar-refractivity contribution in [1.29, 1.82) is 0 Å². The highest BCUT2D eigenvalue weighted by atomic mass is 19.3. The Bertz CT molecular complexity index is 849. The fourth-order valence-corrected chi connectivity index (χ4v) is 6.99. The second-order valence-corrected chi connectivity index (χ2v) is 11.5. The lowest BCUT2D eigenvalue weighted by Crippen LogP contribution is -2.39. The van der Waals surface area contributed by atoms with Gasteiger partial charge in [-0.2, -0.15) is 8.78 Å². The first kappa shape index (κ1) is 27.3. The van der Waals surface area contributed by atoms with Crippen LogP contribution in [0.5, 0.6) is 11.5 Å². The molecule has 4 rings (SSSR count). The first-order valence-electron chi connectivity index (χ1n) is 14.3. The topological polar surface area (TPSA) is 55.8 Å². The molecule has 1 N–H and O–H groups in total. The number of halogens is 2. The van der Waals surface area contributed by atoms with E-state index in [4.69, 9.17) is 9.47 Å². The number of hydrogen-bond donors (Lipinski definition) is 1. The molecule has 0 radical (unpaired) electrons. The van der Waals surface area contributed by atoms with E-state index in [-0.39, 0.29) is 29.3 Å². The van der Waals surface area contributed by atoms with Gasteiger partial charge in [0, 0.05) is 19.1 Å². The van der Waals surface area contributed by atoms with E-state index in [2.05, 4.69) is 6.92 Å². The standard InChI is InChI=1S/C30H44F2O4/c1-3-5-20-6-17-29(35-19-20)23-9-7-21(8-10-23)22-11-13-24(14-12-22)30(31,32)36-25-15-16-26(27(33)4-2)28(34)18-25/h15-16,18,20-24,29,34H,3-14,17,19H2,1-2H3. The van der Waals surface area contributed by atoms with Gasteiger partial charge in [-0.3, -0.25) is 4.79 Å². The second kappa shape index (κ2) is 12.2. The summed E-state index contributed by atoms with van der Waals surface area (Å²) in [5.74, 6) is 1.13. The number of aromatic hydroxyl groups is 1. The van der Waals surface area contributed by atoms with Crippen molar-refractivity contribution in [2.75, 3.05) is 6.61 Å². The Balaban J connectivity index is 1.22. The van der Waals surface area contributed by atoms with Crippen LogP contribution in [-0.2, 0) is 4.74 Å². The van der Waals surface area contributed by atoms with Gasteiger partial charge in [0.15, 0.2) is 5.78 Å². The molecule has 2 unspecified atom stereocenters. The fraction of sp³-hybridized carbons (Fsp3) is 0.767. The number of alkyl halides is 2. The maximum atomic E-state index is 15.0. The number of benzene rings is 1. The zero-order valence-corrected chi connectivity index (χ0v) is 22.0. The van der Waals surface area contributed by atoms with Crippen molar-refractivity contribution in [3.63, 3.8) is 0 Å². The summed E-state index contributed by atoms with van der Waals surface area (Å²) in [4.78, 5) is 11.8. The van der Waals surface area contributed by atoms with Gasteiger partial charge >= 0.3 is 6.11 Å². The summed E-state index contributed by atoms with van der Waals surface area (Å²) in [5, 5.41) is 10.1. The first-order valence-corrected chi connectivity index (χ1v) is 14.3. The van der Waals surface area contributed by atoms with Crippen LogP contribution in [0.2, 0.25) is 0 Å². The molecule has 202 valence electrons. The van der Waals surface area contributed by atoms with Crippen molar-refractivity contribution >= 4 is 5.78 Å². The quantitative estimate of drug-likeness (QED) is 0.343. The van der Waals surface area contributed by atoms with Gasteiger partial charge in [-0.25, -0.2) is 0 Å². The predicted molar refractivity (Wildman–Crippen MR) is 137 cm³/mol. The smallest absolute Gasteiger partial charge is 0.400 e. The molecule has 4 nitrogen and oxygen atoms in total.